The summed E-state index contributed by atoms with van der Waals surface area (Å²) in [5, 5.41) is 17.3. The number of carbonyl (C=O) groups excluding carboxylic acids is 2. The molecule has 0 bridgehead atoms. The first-order chi connectivity index (χ1) is 13.5. The van der Waals surface area contributed by atoms with Crippen LogP contribution < -0.4 is 5.32 Å². The van der Waals surface area contributed by atoms with Crippen molar-refractivity contribution >= 4 is 23.6 Å². The molecule has 0 radical (unpaired) electrons. The number of thioether (sulfide) groups is 1. The molecular formula is C20H24N4O3S. The summed E-state index contributed by atoms with van der Waals surface area (Å²) >= 11 is 1.87. The zero-order valence-corrected chi connectivity index (χ0v) is 16.6. The molecule has 28 heavy (non-hydrogen) atoms. The van der Waals surface area contributed by atoms with Crippen LogP contribution in [0.15, 0.2) is 35.2 Å². The Hall–Kier alpha value is -2.32. The highest BCUT2D eigenvalue weighted by molar-refractivity contribution is 8.00. The molecule has 2 amide bonds. The van der Waals surface area contributed by atoms with Gasteiger partial charge in [-0.25, -0.2) is 0 Å². The van der Waals surface area contributed by atoms with Gasteiger partial charge in [-0.3, -0.25) is 14.3 Å². The Morgan fingerprint density at radius 1 is 1.29 bits per heavy atom. The minimum Gasteiger partial charge on any atom is -0.389 e. The van der Waals surface area contributed by atoms with E-state index < -0.39 is 6.10 Å². The van der Waals surface area contributed by atoms with E-state index in [1.165, 1.54) is 21.2 Å². The van der Waals surface area contributed by atoms with Crippen LogP contribution in [-0.2, 0) is 6.54 Å². The monoisotopic (exact) mass is 400 g/mol. The first-order valence-electron chi connectivity index (χ1n) is 9.56. The number of benzene rings is 1. The van der Waals surface area contributed by atoms with Crippen molar-refractivity contribution in [3.8, 4) is 0 Å². The van der Waals surface area contributed by atoms with Crippen LogP contribution in [0.3, 0.4) is 0 Å². The molecule has 0 spiro atoms. The number of aliphatic hydroxyl groups is 1. The number of fused-ring (bicyclic) bond motifs is 1. The normalized spacial score (nSPS) is 20.4. The lowest BCUT2D eigenvalue weighted by Crippen LogP contribution is -2.39. The van der Waals surface area contributed by atoms with Crippen LogP contribution in [0.1, 0.15) is 39.4 Å². The van der Waals surface area contributed by atoms with Gasteiger partial charge in [0.1, 0.15) is 5.69 Å². The average Bonchev–Trinajstić information content (AvgIpc) is 3.04. The van der Waals surface area contributed by atoms with Crippen LogP contribution in [-0.4, -0.2) is 62.6 Å². The van der Waals surface area contributed by atoms with Crippen LogP contribution >= 0.6 is 11.8 Å². The van der Waals surface area contributed by atoms with E-state index in [9.17, 15) is 14.7 Å². The molecule has 2 aromatic rings. The minimum atomic E-state index is -0.706. The fraction of sp³-hybridized carbons (Fsp3) is 0.450. The smallest absolute Gasteiger partial charge is 0.274 e. The molecule has 1 aromatic carbocycles. The number of rotatable bonds is 3. The number of hydrogen-bond acceptors (Lipinski definition) is 5. The summed E-state index contributed by atoms with van der Waals surface area (Å²) in [7, 11) is 0. The molecule has 0 saturated carbocycles. The van der Waals surface area contributed by atoms with Gasteiger partial charge in [-0.2, -0.15) is 5.10 Å². The number of amides is 2. The highest BCUT2D eigenvalue weighted by Crippen LogP contribution is 2.31. The minimum absolute atomic E-state index is 0.151. The number of nitrogens with one attached hydrogen (secondary N) is 1. The highest BCUT2D eigenvalue weighted by atomic mass is 32.2. The maximum absolute atomic E-state index is 12.9. The van der Waals surface area contributed by atoms with E-state index in [0.29, 0.717) is 24.0 Å². The van der Waals surface area contributed by atoms with Crippen molar-refractivity contribution in [1.29, 1.82) is 0 Å². The third-order valence-corrected chi connectivity index (χ3v) is 6.47. The van der Waals surface area contributed by atoms with E-state index in [0.717, 1.165) is 12.8 Å². The molecule has 1 aromatic heterocycles. The van der Waals surface area contributed by atoms with Crippen molar-refractivity contribution in [2.75, 3.05) is 19.6 Å². The van der Waals surface area contributed by atoms with Crippen molar-refractivity contribution < 1.29 is 14.7 Å². The van der Waals surface area contributed by atoms with Gasteiger partial charge in [0.05, 0.1) is 12.6 Å². The summed E-state index contributed by atoms with van der Waals surface area (Å²) in [5.41, 5.74) is 1.85. The Morgan fingerprint density at radius 3 is 2.82 bits per heavy atom. The molecular weight excluding hydrogens is 376 g/mol. The predicted octanol–water partition coefficient (Wildman–Crippen LogP) is 1.69. The molecule has 7 nitrogen and oxygen atoms in total. The average molecular weight is 401 g/mol. The van der Waals surface area contributed by atoms with Crippen molar-refractivity contribution in [2.24, 2.45) is 0 Å². The second kappa shape index (κ2) is 7.97. The standard InChI is InChI=1S/C20H24N4O3S/c1-13-3-2-4-16(9-13)28-15-5-7-23(8-6-15)20(27)17-10-18-19(26)21-11-14(25)12-24(18)22-17/h2-4,9-10,14-15,25H,5-8,11-12H2,1H3,(H,21,26)/t14-/m1/s1. The van der Waals surface area contributed by atoms with Gasteiger partial charge in [-0.1, -0.05) is 17.7 Å². The summed E-state index contributed by atoms with van der Waals surface area (Å²) in [4.78, 5) is 28.0. The molecule has 0 aliphatic carbocycles. The maximum Gasteiger partial charge on any atom is 0.274 e. The van der Waals surface area contributed by atoms with Gasteiger partial charge in [-0.15, -0.1) is 11.8 Å². The Balaban J connectivity index is 1.38. The van der Waals surface area contributed by atoms with Gasteiger partial charge in [0.25, 0.3) is 11.8 Å². The molecule has 2 aliphatic heterocycles. The second-order valence-corrected chi connectivity index (χ2v) is 8.76. The zero-order valence-electron chi connectivity index (χ0n) is 15.8. The number of aryl methyl sites for hydroxylation is 1. The highest BCUT2D eigenvalue weighted by Gasteiger charge is 2.29. The fourth-order valence-corrected chi connectivity index (χ4v) is 4.87. The van der Waals surface area contributed by atoms with Gasteiger partial charge in [0, 0.05) is 35.8 Å². The number of likely N-dealkylation sites (tertiary alicyclic amines) is 1. The van der Waals surface area contributed by atoms with Crippen LogP contribution in [0, 0.1) is 6.92 Å². The number of hydrogen-bond donors (Lipinski definition) is 2. The second-order valence-electron chi connectivity index (χ2n) is 7.39. The third kappa shape index (κ3) is 4.07. The van der Waals surface area contributed by atoms with Gasteiger partial charge in [0.15, 0.2) is 5.69 Å². The SMILES string of the molecule is Cc1cccc(SC2CCN(C(=O)c3cc4n(n3)C[C@H](O)CNC4=O)CC2)c1. The number of aliphatic hydroxyl groups excluding tert-OH is 1. The summed E-state index contributed by atoms with van der Waals surface area (Å²) in [6, 6.07) is 10.0. The van der Waals surface area contributed by atoms with E-state index in [1.54, 1.807) is 0 Å². The van der Waals surface area contributed by atoms with Gasteiger partial charge >= 0.3 is 0 Å². The maximum atomic E-state index is 12.9. The quantitative estimate of drug-likeness (QED) is 0.819. The molecule has 3 heterocycles. The summed E-state index contributed by atoms with van der Waals surface area (Å²) < 4.78 is 1.43. The fourth-order valence-electron chi connectivity index (χ4n) is 3.63. The van der Waals surface area contributed by atoms with Crippen molar-refractivity contribution in [3.63, 3.8) is 0 Å². The van der Waals surface area contributed by atoms with Gasteiger partial charge < -0.3 is 15.3 Å². The van der Waals surface area contributed by atoms with E-state index in [2.05, 4.69) is 41.6 Å². The topological polar surface area (TPSA) is 87.5 Å². The molecule has 1 atom stereocenters. The number of β-amino-alcohol motifs (C(OH)–C–C–N with tert-alkyl or cyclic N) is 1. The Morgan fingerprint density at radius 2 is 2.07 bits per heavy atom. The van der Waals surface area contributed by atoms with Crippen LogP contribution in [0.2, 0.25) is 0 Å². The third-order valence-electron chi connectivity index (χ3n) is 5.14. The van der Waals surface area contributed by atoms with Crippen molar-refractivity contribution in [1.82, 2.24) is 20.0 Å². The van der Waals surface area contributed by atoms with Crippen LogP contribution in [0.5, 0.6) is 0 Å². The summed E-state index contributed by atoms with van der Waals surface area (Å²) in [6.45, 7) is 3.85. The molecule has 0 unspecified atom stereocenters. The predicted molar refractivity (Wildman–Crippen MR) is 107 cm³/mol. The molecule has 1 fully saturated rings. The number of nitrogens with zero attached hydrogens (tertiary/aromatic N) is 3. The lowest BCUT2D eigenvalue weighted by molar-refractivity contribution is 0.0719. The van der Waals surface area contributed by atoms with Crippen LogP contribution in [0.25, 0.3) is 0 Å². The van der Waals surface area contributed by atoms with E-state index in [1.807, 2.05) is 16.7 Å². The first-order valence-corrected chi connectivity index (χ1v) is 10.4. The molecule has 4 rings (SSSR count). The summed E-state index contributed by atoms with van der Waals surface area (Å²) in [5.74, 6) is -0.460. The van der Waals surface area contributed by atoms with Crippen molar-refractivity contribution in [3.05, 3.63) is 47.3 Å². The van der Waals surface area contributed by atoms with E-state index in [4.69, 9.17) is 0 Å². The molecule has 2 aliphatic rings. The molecule has 1 saturated heterocycles. The Labute approximate surface area is 168 Å². The zero-order chi connectivity index (χ0) is 19.7. The van der Waals surface area contributed by atoms with Gasteiger partial charge in [0.2, 0.25) is 0 Å². The number of piperidine rings is 1. The number of aromatic nitrogens is 2. The van der Waals surface area contributed by atoms with Gasteiger partial charge in [-0.05, 0) is 31.9 Å². The van der Waals surface area contributed by atoms with E-state index >= 15 is 0 Å². The molecule has 2 N–H and O–H groups in total. The Bertz CT molecular complexity index is 889. The Kier molecular flexibility index (Phi) is 5.41. The van der Waals surface area contributed by atoms with Crippen LogP contribution in [0.4, 0.5) is 0 Å². The summed E-state index contributed by atoms with van der Waals surface area (Å²) in [6.07, 6.45) is 1.15. The lowest BCUT2D eigenvalue weighted by atomic mass is 10.1. The molecule has 148 valence electrons. The van der Waals surface area contributed by atoms with Crippen molar-refractivity contribution in [2.45, 2.75) is 42.6 Å². The lowest BCUT2D eigenvalue weighted by Gasteiger charge is -2.31. The molecule has 8 heteroatoms. The van der Waals surface area contributed by atoms with E-state index in [-0.39, 0.29) is 30.6 Å². The largest absolute Gasteiger partial charge is 0.389 e. The number of carbonyl (C=O) groups is 2. The first kappa shape index (κ1) is 19.0.